The van der Waals surface area contributed by atoms with Crippen LogP contribution < -0.4 is 10.5 Å². The molecule has 2 aromatic carbocycles. The lowest BCUT2D eigenvalue weighted by Gasteiger charge is -2.19. The Hall–Kier alpha value is -1.84. The maximum Gasteiger partial charge on any atom is 0.124 e. The molecule has 116 valence electrons. The molecule has 1 fully saturated rings. The van der Waals surface area contributed by atoms with Crippen LogP contribution in [0.25, 0.3) is 0 Å². The fourth-order valence-electron chi connectivity index (χ4n) is 2.69. The van der Waals surface area contributed by atoms with Crippen LogP contribution in [0.3, 0.4) is 0 Å². The lowest BCUT2D eigenvalue weighted by molar-refractivity contribution is 0.230. The molecule has 22 heavy (non-hydrogen) atoms. The molecule has 2 N–H and O–H groups in total. The van der Waals surface area contributed by atoms with Gasteiger partial charge in [-0.25, -0.2) is 0 Å². The number of para-hydroxylation sites is 1. The maximum absolute atomic E-state index is 6.31. The van der Waals surface area contributed by atoms with Crippen molar-refractivity contribution in [2.24, 2.45) is 5.73 Å². The first-order valence-corrected chi connectivity index (χ1v) is 7.91. The highest BCUT2D eigenvalue weighted by Gasteiger charge is 2.41. The van der Waals surface area contributed by atoms with Crippen LogP contribution in [0.1, 0.15) is 24.0 Å². The molecule has 3 nitrogen and oxygen atoms in total. The topological polar surface area (TPSA) is 38.5 Å². The zero-order valence-corrected chi connectivity index (χ0v) is 13.2. The SMILES string of the molecule is CN(CCOc1ccccc1C1(N)CC1)Cc1ccccc1. The van der Waals surface area contributed by atoms with Crippen molar-refractivity contribution >= 4 is 0 Å². The number of nitrogens with zero attached hydrogens (tertiary/aromatic N) is 1. The lowest BCUT2D eigenvalue weighted by Crippen LogP contribution is -2.25. The summed E-state index contributed by atoms with van der Waals surface area (Å²) in [5, 5.41) is 0. The Morgan fingerprint density at radius 3 is 2.45 bits per heavy atom. The second-order valence-electron chi connectivity index (χ2n) is 6.22. The summed E-state index contributed by atoms with van der Waals surface area (Å²) in [5.74, 6) is 0.940. The highest BCUT2D eigenvalue weighted by molar-refractivity contribution is 5.42. The van der Waals surface area contributed by atoms with Gasteiger partial charge in [0, 0.05) is 24.2 Å². The van der Waals surface area contributed by atoms with E-state index in [9.17, 15) is 0 Å². The third-order valence-electron chi connectivity index (χ3n) is 4.24. The smallest absolute Gasteiger partial charge is 0.124 e. The van der Waals surface area contributed by atoms with Crippen LogP contribution in [-0.4, -0.2) is 25.1 Å². The molecule has 2 aromatic rings. The second-order valence-corrected chi connectivity index (χ2v) is 6.22. The zero-order chi connectivity index (χ0) is 15.4. The number of benzene rings is 2. The molecule has 1 aliphatic rings. The molecule has 3 heteroatoms. The number of nitrogens with two attached hydrogens (primary N) is 1. The Morgan fingerprint density at radius 1 is 1.05 bits per heavy atom. The van der Waals surface area contributed by atoms with Gasteiger partial charge in [0.05, 0.1) is 0 Å². The molecule has 0 heterocycles. The zero-order valence-electron chi connectivity index (χ0n) is 13.2. The highest BCUT2D eigenvalue weighted by atomic mass is 16.5. The number of rotatable bonds is 7. The largest absolute Gasteiger partial charge is 0.492 e. The minimum atomic E-state index is -0.146. The van der Waals surface area contributed by atoms with Gasteiger partial charge in [-0.3, -0.25) is 4.90 Å². The standard InChI is InChI=1S/C19H24N2O/c1-21(15-16-7-3-2-4-8-16)13-14-22-18-10-6-5-9-17(18)19(20)11-12-19/h2-10H,11-15,20H2,1H3. The van der Waals surface area contributed by atoms with Crippen molar-refractivity contribution in [1.29, 1.82) is 0 Å². The molecular formula is C19H24N2O. The minimum absolute atomic E-state index is 0.146. The number of hydrogen-bond acceptors (Lipinski definition) is 3. The van der Waals surface area contributed by atoms with Crippen LogP contribution in [0.15, 0.2) is 54.6 Å². The summed E-state index contributed by atoms with van der Waals surface area (Å²) in [6.45, 7) is 2.50. The molecule has 0 aliphatic heterocycles. The second kappa shape index (κ2) is 6.51. The van der Waals surface area contributed by atoms with E-state index in [2.05, 4.69) is 42.3 Å². The summed E-state index contributed by atoms with van der Waals surface area (Å²) in [5.41, 5.74) is 8.64. The van der Waals surface area contributed by atoms with Gasteiger partial charge in [-0.15, -0.1) is 0 Å². The van der Waals surface area contributed by atoms with Crippen LogP contribution >= 0.6 is 0 Å². The molecular weight excluding hydrogens is 272 g/mol. The van der Waals surface area contributed by atoms with Crippen LogP contribution in [0.5, 0.6) is 5.75 Å². The van der Waals surface area contributed by atoms with Gasteiger partial charge in [0.15, 0.2) is 0 Å². The third-order valence-corrected chi connectivity index (χ3v) is 4.24. The van der Waals surface area contributed by atoms with Gasteiger partial charge in [0.2, 0.25) is 0 Å². The van der Waals surface area contributed by atoms with Crippen molar-refractivity contribution in [3.8, 4) is 5.75 Å². The molecule has 0 unspecified atom stereocenters. The van der Waals surface area contributed by atoms with Crippen molar-refractivity contribution in [2.75, 3.05) is 20.2 Å². The van der Waals surface area contributed by atoms with Gasteiger partial charge < -0.3 is 10.5 Å². The first-order chi connectivity index (χ1) is 10.7. The summed E-state index contributed by atoms with van der Waals surface area (Å²) >= 11 is 0. The van der Waals surface area contributed by atoms with E-state index in [1.54, 1.807) is 0 Å². The van der Waals surface area contributed by atoms with Gasteiger partial charge >= 0.3 is 0 Å². The van der Waals surface area contributed by atoms with Gasteiger partial charge in [0.25, 0.3) is 0 Å². The molecule has 0 radical (unpaired) electrons. The van der Waals surface area contributed by atoms with Gasteiger partial charge in [0.1, 0.15) is 12.4 Å². The van der Waals surface area contributed by atoms with Crippen molar-refractivity contribution < 1.29 is 4.74 Å². The summed E-state index contributed by atoms with van der Waals surface area (Å²) in [7, 11) is 2.12. The predicted octanol–water partition coefficient (Wildman–Crippen LogP) is 3.15. The summed E-state index contributed by atoms with van der Waals surface area (Å²) in [6, 6.07) is 18.7. The van der Waals surface area contributed by atoms with E-state index in [4.69, 9.17) is 10.5 Å². The number of likely N-dealkylation sites (N-methyl/N-ethyl adjacent to an activating group) is 1. The lowest BCUT2D eigenvalue weighted by atomic mass is 10.1. The summed E-state index contributed by atoms with van der Waals surface area (Å²) < 4.78 is 5.99. The highest BCUT2D eigenvalue weighted by Crippen LogP contribution is 2.46. The quantitative estimate of drug-likeness (QED) is 0.853. The van der Waals surface area contributed by atoms with Crippen LogP contribution in [0, 0.1) is 0 Å². The molecule has 1 aliphatic carbocycles. The molecule has 0 aromatic heterocycles. The minimum Gasteiger partial charge on any atom is -0.492 e. The van der Waals surface area contributed by atoms with Crippen LogP contribution in [0.4, 0.5) is 0 Å². The number of ether oxygens (including phenoxy) is 1. The Balaban J connectivity index is 1.51. The summed E-state index contributed by atoms with van der Waals surface area (Å²) in [6.07, 6.45) is 2.11. The fourth-order valence-corrected chi connectivity index (χ4v) is 2.69. The molecule has 0 saturated heterocycles. The van der Waals surface area contributed by atoms with E-state index in [1.807, 2.05) is 24.3 Å². The Morgan fingerprint density at radius 2 is 1.73 bits per heavy atom. The van der Waals surface area contributed by atoms with Crippen molar-refractivity contribution in [3.05, 3.63) is 65.7 Å². The monoisotopic (exact) mass is 296 g/mol. The molecule has 1 saturated carbocycles. The average Bonchev–Trinajstić information content (AvgIpc) is 3.28. The van der Waals surface area contributed by atoms with Crippen LogP contribution in [-0.2, 0) is 12.1 Å². The average molecular weight is 296 g/mol. The fraction of sp³-hybridized carbons (Fsp3) is 0.368. The van der Waals surface area contributed by atoms with Gasteiger partial charge in [-0.1, -0.05) is 48.5 Å². The van der Waals surface area contributed by atoms with E-state index in [0.717, 1.165) is 37.2 Å². The molecule has 0 atom stereocenters. The van der Waals surface area contributed by atoms with E-state index in [-0.39, 0.29) is 5.54 Å². The molecule has 0 bridgehead atoms. The normalized spacial score (nSPS) is 15.8. The van der Waals surface area contributed by atoms with Crippen molar-refractivity contribution in [1.82, 2.24) is 4.90 Å². The summed E-state index contributed by atoms with van der Waals surface area (Å²) in [4.78, 5) is 2.27. The van der Waals surface area contributed by atoms with Crippen LogP contribution in [0.2, 0.25) is 0 Å². The molecule has 3 rings (SSSR count). The first kappa shape index (κ1) is 15.1. The van der Waals surface area contributed by atoms with E-state index < -0.39 is 0 Å². The van der Waals surface area contributed by atoms with Gasteiger partial charge in [-0.2, -0.15) is 0 Å². The van der Waals surface area contributed by atoms with Crippen molar-refractivity contribution in [3.63, 3.8) is 0 Å². The Bertz CT molecular complexity index is 608. The van der Waals surface area contributed by atoms with E-state index >= 15 is 0 Å². The maximum atomic E-state index is 6.31. The number of hydrogen-bond donors (Lipinski definition) is 1. The molecule has 0 spiro atoms. The van der Waals surface area contributed by atoms with E-state index in [0.29, 0.717) is 6.61 Å². The third kappa shape index (κ3) is 3.67. The van der Waals surface area contributed by atoms with Gasteiger partial charge in [-0.05, 0) is 31.5 Å². The van der Waals surface area contributed by atoms with Crippen molar-refractivity contribution in [2.45, 2.75) is 24.9 Å². The molecule has 0 amide bonds. The Kier molecular flexibility index (Phi) is 4.46. The van der Waals surface area contributed by atoms with E-state index in [1.165, 1.54) is 5.56 Å². The Labute approximate surface area is 132 Å². The first-order valence-electron chi connectivity index (χ1n) is 7.91. The predicted molar refractivity (Wildman–Crippen MR) is 89.8 cm³/mol.